The normalized spacial score (nSPS) is 14.1. The molecule has 150 valence electrons. The van der Waals surface area contributed by atoms with Crippen LogP contribution in [0.5, 0.6) is 5.75 Å². The number of likely N-dealkylation sites (tertiary alicyclic amines) is 1. The highest BCUT2D eigenvalue weighted by Gasteiger charge is 2.23. The van der Waals surface area contributed by atoms with Crippen molar-refractivity contribution in [3.8, 4) is 5.75 Å². The monoisotopic (exact) mass is 392 g/mol. The van der Waals surface area contributed by atoms with Gasteiger partial charge in [0.1, 0.15) is 17.4 Å². The van der Waals surface area contributed by atoms with Crippen LogP contribution in [0, 0.1) is 17.6 Å². The van der Waals surface area contributed by atoms with Gasteiger partial charge in [-0.15, -0.1) is 0 Å². The molecular weight excluding hydrogens is 370 g/mol. The van der Waals surface area contributed by atoms with E-state index >= 15 is 0 Å². The Morgan fingerprint density at radius 3 is 2.18 bits per heavy atom. The number of rotatable bonds is 3. The predicted molar refractivity (Wildman–Crippen MR) is 99.0 cm³/mol. The van der Waals surface area contributed by atoms with E-state index < -0.39 is 23.6 Å². The summed E-state index contributed by atoms with van der Waals surface area (Å²) < 4.78 is 26.2. The molecule has 4 N–H and O–H groups in total. The van der Waals surface area contributed by atoms with E-state index in [9.17, 15) is 18.4 Å². The summed E-state index contributed by atoms with van der Waals surface area (Å²) in [4.78, 5) is 22.6. The Morgan fingerprint density at radius 2 is 1.68 bits per heavy atom. The van der Waals surface area contributed by atoms with Gasteiger partial charge in [0.2, 0.25) is 5.91 Å². The number of primary amides is 1. The van der Waals surface area contributed by atoms with Crippen LogP contribution in [0.1, 0.15) is 28.8 Å². The number of phenols is 1. The van der Waals surface area contributed by atoms with Crippen molar-refractivity contribution in [1.29, 1.82) is 0 Å². The molecule has 1 heterocycles. The molecule has 0 aromatic heterocycles. The lowest BCUT2D eigenvalue weighted by molar-refractivity contribution is 0.1000. The number of nitrogens with two attached hydrogens (primary N) is 1. The van der Waals surface area contributed by atoms with Crippen LogP contribution in [0.15, 0.2) is 42.5 Å². The van der Waals surface area contributed by atoms with Gasteiger partial charge in [0.05, 0.1) is 0 Å². The maximum atomic E-state index is 13.5. The van der Waals surface area contributed by atoms with Crippen LogP contribution in [0.25, 0.3) is 0 Å². The van der Waals surface area contributed by atoms with E-state index in [0.29, 0.717) is 30.6 Å². The first-order valence-electron chi connectivity index (χ1n) is 8.77. The van der Waals surface area contributed by atoms with E-state index in [2.05, 4.69) is 0 Å². The van der Waals surface area contributed by atoms with Gasteiger partial charge in [-0.2, -0.15) is 0 Å². The highest BCUT2D eigenvalue weighted by molar-refractivity contribution is 5.92. The summed E-state index contributed by atoms with van der Waals surface area (Å²) in [5, 5.41) is 17.6. The Morgan fingerprint density at radius 1 is 1.07 bits per heavy atom. The smallest absolute Gasteiger partial charge is 0.407 e. The van der Waals surface area contributed by atoms with Crippen LogP contribution in [-0.4, -0.2) is 40.2 Å². The molecule has 0 atom stereocenters. The Bertz CT molecular complexity index is 819. The van der Waals surface area contributed by atoms with Crippen molar-refractivity contribution in [2.45, 2.75) is 19.3 Å². The third-order valence-electron chi connectivity index (χ3n) is 4.56. The molecular formula is C20H22F2N2O4. The maximum absolute atomic E-state index is 13.5. The number of aromatic hydroxyl groups is 1. The summed E-state index contributed by atoms with van der Waals surface area (Å²) in [7, 11) is 0. The molecule has 1 aliphatic heterocycles. The van der Waals surface area contributed by atoms with Gasteiger partial charge in [-0.05, 0) is 61.1 Å². The predicted octanol–water partition coefficient (Wildman–Crippen LogP) is 3.39. The number of hydrogen-bond donors (Lipinski definition) is 3. The molecule has 1 saturated heterocycles. The maximum Gasteiger partial charge on any atom is 0.407 e. The minimum absolute atomic E-state index is 0.130. The summed E-state index contributed by atoms with van der Waals surface area (Å²) in [5.41, 5.74) is 5.85. The number of carbonyl (C=O) groups is 2. The fraction of sp³-hybridized carbons (Fsp3) is 0.300. The third kappa shape index (κ3) is 6.22. The molecule has 0 bridgehead atoms. The van der Waals surface area contributed by atoms with Crippen molar-refractivity contribution in [1.82, 2.24) is 4.90 Å². The number of amides is 2. The van der Waals surface area contributed by atoms with Crippen molar-refractivity contribution in [3.63, 3.8) is 0 Å². The van der Waals surface area contributed by atoms with Gasteiger partial charge in [0.15, 0.2) is 0 Å². The second-order valence-corrected chi connectivity index (χ2v) is 6.56. The molecule has 0 aliphatic carbocycles. The largest absolute Gasteiger partial charge is 0.508 e. The van der Waals surface area contributed by atoms with Crippen LogP contribution >= 0.6 is 0 Å². The summed E-state index contributed by atoms with van der Waals surface area (Å²) >= 11 is 0. The lowest BCUT2D eigenvalue weighted by Gasteiger charge is -2.30. The van der Waals surface area contributed by atoms with Gasteiger partial charge >= 0.3 is 6.09 Å². The average molecular weight is 392 g/mol. The highest BCUT2D eigenvalue weighted by Crippen LogP contribution is 2.23. The standard InChI is InChI=1S/C13H15F2NO2.C7H7NO2/c14-11-2-1-10(12(15)8-11)7-9-3-5-16(6-4-9)13(17)18;8-7(10)5-1-3-6(9)4-2-5/h1-2,8-9H,3-7H2,(H,17,18);1-4,9H,(H2,8,10). The van der Waals surface area contributed by atoms with Gasteiger partial charge in [0, 0.05) is 24.7 Å². The van der Waals surface area contributed by atoms with E-state index in [1.807, 2.05) is 0 Å². The Hall–Kier alpha value is -3.16. The zero-order valence-corrected chi connectivity index (χ0v) is 15.1. The van der Waals surface area contributed by atoms with Gasteiger partial charge in [-0.3, -0.25) is 4.79 Å². The number of benzene rings is 2. The molecule has 1 fully saturated rings. The molecule has 8 heteroatoms. The first kappa shape index (κ1) is 21.1. The lowest BCUT2D eigenvalue weighted by atomic mass is 9.90. The summed E-state index contributed by atoms with van der Waals surface area (Å²) in [6.07, 6.45) is 1.09. The molecule has 28 heavy (non-hydrogen) atoms. The van der Waals surface area contributed by atoms with E-state index in [4.69, 9.17) is 15.9 Å². The van der Waals surface area contributed by atoms with Crippen molar-refractivity contribution in [3.05, 3.63) is 65.2 Å². The van der Waals surface area contributed by atoms with Crippen LogP contribution in [0.4, 0.5) is 13.6 Å². The fourth-order valence-corrected chi connectivity index (χ4v) is 2.95. The van der Waals surface area contributed by atoms with Crippen molar-refractivity contribution in [2.24, 2.45) is 11.7 Å². The second-order valence-electron chi connectivity index (χ2n) is 6.56. The van der Waals surface area contributed by atoms with E-state index in [1.54, 1.807) is 0 Å². The fourth-order valence-electron chi connectivity index (χ4n) is 2.95. The minimum atomic E-state index is -0.901. The second kappa shape index (κ2) is 9.68. The SMILES string of the molecule is NC(=O)c1ccc(O)cc1.O=C(O)N1CCC(Cc2ccc(F)cc2F)CC1. The van der Waals surface area contributed by atoms with Gasteiger partial charge < -0.3 is 20.8 Å². The zero-order valence-electron chi connectivity index (χ0n) is 15.1. The molecule has 2 amide bonds. The molecule has 1 aliphatic rings. The topological polar surface area (TPSA) is 104 Å². The molecule has 6 nitrogen and oxygen atoms in total. The van der Waals surface area contributed by atoms with E-state index in [1.165, 1.54) is 41.3 Å². The minimum Gasteiger partial charge on any atom is -0.508 e. The number of piperidine rings is 1. The highest BCUT2D eigenvalue weighted by atomic mass is 19.1. The number of carbonyl (C=O) groups excluding carboxylic acids is 1. The van der Waals surface area contributed by atoms with Crippen LogP contribution < -0.4 is 5.73 Å². The van der Waals surface area contributed by atoms with E-state index in [-0.39, 0.29) is 11.7 Å². The van der Waals surface area contributed by atoms with Crippen LogP contribution in [0.2, 0.25) is 0 Å². The Balaban J connectivity index is 0.000000237. The first-order valence-corrected chi connectivity index (χ1v) is 8.77. The lowest BCUT2D eigenvalue weighted by Crippen LogP contribution is -2.37. The third-order valence-corrected chi connectivity index (χ3v) is 4.56. The summed E-state index contributed by atoms with van der Waals surface area (Å²) in [6, 6.07) is 9.39. The molecule has 2 aromatic carbocycles. The number of carboxylic acid groups (broad SMARTS) is 1. The van der Waals surface area contributed by atoms with Gasteiger partial charge in [-0.25, -0.2) is 13.6 Å². The Kier molecular flexibility index (Phi) is 7.31. The van der Waals surface area contributed by atoms with Gasteiger partial charge in [-0.1, -0.05) is 6.07 Å². The van der Waals surface area contributed by atoms with E-state index in [0.717, 1.165) is 18.9 Å². The molecule has 0 saturated carbocycles. The molecule has 2 aromatic rings. The summed E-state index contributed by atoms with van der Waals surface area (Å²) in [6.45, 7) is 0.978. The number of phenolic OH excluding ortho intramolecular Hbond substituents is 1. The van der Waals surface area contributed by atoms with Crippen molar-refractivity contribution in [2.75, 3.05) is 13.1 Å². The zero-order chi connectivity index (χ0) is 20.7. The number of nitrogens with zero attached hydrogens (tertiary/aromatic N) is 1. The average Bonchev–Trinajstić information content (AvgIpc) is 2.65. The molecule has 3 rings (SSSR count). The summed E-state index contributed by atoms with van der Waals surface area (Å²) in [5.74, 6) is -1.18. The van der Waals surface area contributed by atoms with Gasteiger partial charge in [0.25, 0.3) is 0 Å². The van der Waals surface area contributed by atoms with Crippen molar-refractivity contribution < 1.29 is 28.6 Å². The Labute approximate surface area is 161 Å². The van der Waals surface area contributed by atoms with Crippen LogP contribution in [-0.2, 0) is 6.42 Å². The number of halogens is 2. The molecule has 0 spiro atoms. The number of hydrogen-bond acceptors (Lipinski definition) is 3. The van der Waals surface area contributed by atoms with Crippen molar-refractivity contribution >= 4 is 12.0 Å². The first-order chi connectivity index (χ1) is 13.3. The molecule has 0 radical (unpaired) electrons. The molecule has 0 unspecified atom stereocenters. The van der Waals surface area contributed by atoms with Crippen LogP contribution in [0.3, 0.4) is 0 Å². The quantitative estimate of drug-likeness (QED) is 0.745.